The number of nitrogens with zero attached hydrogens (tertiary/aromatic N) is 6. The van der Waals surface area contributed by atoms with Crippen LogP contribution < -0.4 is 9.47 Å². The highest BCUT2D eigenvalue weighted by molar-refractivity contribution is 5.19. The zero-order chi connectivity index (χ0) is 17.9. The normalized spacial score (nSPS) is 11.4. The maximum absolute atomic E-state index is 12.6. The Labute approximate surface area is 139 Å². The second kappa shape index (κ2) is 6.71. The van der Waals surface area contributed by atoms with E-state index in [-0.39, 0.29) is 18.4 Å². The van der Waals surface area contributed by atoms with E-state index in [1.165, 1.54) is 36.3 Å². The largest absolute Gasteiger partial charge is 0.481 e. The first-order valence-electron chi connectivity index (χ1n) is 6.91. The van der Waals surface area contributed by atoms with Crippen LogP contribution in [0.5, 0.6) is 11.8 Å². The molecule has 0 saturated heterocycles. The van der Waals surface area contributed by atoms with Crippen LogP contribution in [0.2, 0.25) is 0 Å². The van der Waals surface area contributed by atoms with Gasteiger partial charge in [0.25, 0.3) is 5.95 Å². The first-order valence-corrected chi connectivity index (χ1v) is 6.91. The van der Waals surface area contributed by atoms with Gasteiger partial charge < -0.3 is 9.47 Å². The molecule has 0 aliphatic heterocycles. The fraction of sp³-hybridized carbons (Fsp3) is 0.214. The molecule has 25 heavy (non-hydrogen) atoms. The molecule has 11 heteroatoms. The number of rotatable bonds is 5. The van der Waals surface area contributed by atoms with Gasteiger partial charge in [-0.15, -0.1) is 5.10 Å². The Morgan fingerprint density at radius 2 is 1.96 bits per heavy atom. The highest BCUT2D eigenvalue weighted by atomic mass is 19.4. The van der Waals surface area contributed by atoms with Crippen LogP contribution in [0, 0.1) is 0 Å². The van der Waals surface area contributed by atoms with E-state index in [2.05, 4.69) is 25.3 Å². The fourth-order valence-electron chi connectivity index (χ4n) is 1.82. The first kappa shape index (κ1) is 16.6. The van der Waals surface area contributed by atoms with Gasteiger partial charge in [-0.2, -0.15) is 22.8 Å². The molecule has 3 aromatic heterocycles. The van der Waals surface area contributed by atoms with E-state index in [0.717, 1.165) is 6.07 Å². The third-order valence-electron chi connectivity index (χ3n) is 2.95. The van der Waals surface area contributed by atoms with Gasteiger partial charge in [-0.3, -0.25) is 0 Å². The van der Waals surface area contributed by atoms with E-state index in [9.17, 15) is 13.2 Å². The lowest BCUT2D eigenvalue weighted by molar-refractivity contribution is -0.141. The topological polar surface area (TPSA) is 87.8 Å². The molecule has 3 rings (SSSR count). The number of hydrogen-bond acceptors (Lipinski definition) is 7. The minimum absolute atomic E-state index is 0.113. The van der Waals surface area contributed by atoms with Gasteiger partial charge in [0.1, 0.15) is 18.0 Å². The molecule has 0 radical (unpaired) electrons. The van der Waals surface area contributed by atoms with Gasteiger partial charge in [-0.05, 0) is 6.07 Å². The Balaban J connectivity index is 1.70. The molecule has 0 aliphatic carbocycles. The number of halogens is 3. The van der Waals surface area contributed by atoms with Crippen LogP contribution in [0.4, 0.5) is 13.2 Å². The third-order valence-corrected chi connectivity index (χ3v) is 2.95. The van der Waals surface area contributed by atoms with Gasteiger partial charge in [0.15, 0.2) is 0 Å². The Bertz CT molecular complexity index is 868. The van der Waals surface area contributed by atoms with Crippen molar-refractivity contribution < 1.29 is 22.6 Å². The molecule has 0 amide bonds. The second-order valence-electron chi connectivity index (χ2n) is 4.70. The van der Waals surface area contributed by atoms with Crippen molar-refractivity contribution in [3.8, 4) is 17.7 Å². The van der Waals surface area contributed by atoms with E-state index in [0.29, 0.717) is 11.6 Å². The Morgan fingerprint density at radius 1 is 1.12 bits per heavy atom. The van der Waals surface area contributed by atoms with E-state index < -0.39 is 11.9 Å². The zero-order valence-corrected chi connectivity index (χ0v) is 12.8. The molecule has 0 spiro atoms. The Morgan fingerprint density at radius 3 is 2.72 bits per heavy atom. The molecule has 0 aromatic carbocycles. The summed E-state index contributed by atoms with van der Waals surface area (Å²) in [6, 6.07) is 4.98. The maximum Gasteiger partial charge on any atom is 0.433 e. The predicted octanol–water partition coefficient (Wildman–Crippen LogP) is 2.06. The molecule has 0 fully saturated rings. The summed E-state index contributed by atoms with van der Waals surface area (Å²) in [6.45, 7) is -0.113. The number of methoxy groups -OCH3 is 1. The van der Waals surface area contributed by atoms with E-state index in [4.69, 9.17) is 9.47 Å². The smallest absolute Gasteiger partial charge is 0.433 e. The standard InChI is InChI=1S/C14H11F3N6O2/c1-24-11-5-6-18-13(20-11)23-7-9(21-22-23)8-25-12-4-2-3-10(19-12)14(15,16)17/h2-7H,8H2,1H3. The molecule has 0 aliphatic rings. The summed E-state index contributed by atoms with van der Waals surface area (Å²) < 4.78 is 49.4. The van der Waals surface area contributed by atoms with Crippen LogP contribution in [0.1, 0.15) is 11.4 Å². The van der Waals surface area contributed by atoms with Gasteiger partial charge >= 0.3 is 6.18 Å². The summed E-state index contributed by atoms with van der Waals surface area (Å²) in [5.74, 6) is 0.420. The average molecular weight is 352 g/mol. The van der Waals surface area contributed by atoms with Crippen molar-refractivity contribution in [3.05, 3.63) is 48.0 Å². The Kier molecular flexibility index (Phi) is 4.46. The maximum atomic E-state index is 12.6. The minimum atomic E-state index is -4.54. The molecule has 0 atom stereocenters. The van der Waals surface area contributed by atoms with Crippen molar-refractivity contribution >= 4 is 0 Å². The Hall–Kier alpha value is -3.24. The third kappa shape index (κ3) is 4.00. The van der Waals surface area contributed by atoms with Gasteiger partial charge in [0, 0.05) is 18.3 Å². The van der Waals surface area contributed by atoms with E-state index in [1.807, 2.05) is 0 Å². The van der Waals surface area contributed by atoms with Crippen LogP contribution >= 0.6 is 0 Å². The SMILES string of the molecule is COc1ccnc(-n2cc(COc3cccc(C(F)(F)F)n3)nn2)n1. The monoisotopic (exact) mass is 352 g/mol. The molecule has 130 valence electrons. The molecule has 8 nitrogen and oxygen atoms in total. The lowest BCUT2D eigenvalue weighted by Crippen LogP contribution is -2.08. The molecule has 0 bridgehead atoms. The summed E-state index contributed by atoms with van der Waals surface area (Å²) in [4.78, 5) is 11.5. The summed E-state index contributed by atoms with van der Waals surface area (Å²) in [5, 5.41) is 7.69. The summed E-state index contributed by atoms with van der Waals surface area (Å²) in [7, 11) is 1.47. The molecule has 0 unspecified atom stereocenters. The number of pyridine rings is 1. The highest BCUT2D eigenvalue weighted by Crippen LogP contribution is 2.28. The minimum Gasteiger partial charge on any atom is -0.481 e. The number of hydrogen-bond donors (Lipinski definition) is 0. The van der Waals surface area contributed by atoms with Crippen molar-refractivity contribution in [1.29, 1.82) is 0 Å². The quantitative estimate of drug-likeness (QED) is 0.694. The van der Waals surface area contributed by atoms with Crippen LogP contribution in [0.15, 0.2) is 36.7 Å². The van der Waals surface area contributed by atoms with Crippen LogP contribution in [0.25, 0.3) is 5.95 Å². The van der Waals surface area contributed by atoms with Crippen LogP contribution in [-0.4, -0.2) is 37.1 Å². The molecule has 3 aromatic rings. The molecular weight excluding hydrogens is 341 g/mol. The van der Waals surface area contributed by atoms with E-state index >= 15 is 0 Å². The molecular formula is C14H11F3N6O2. The summed E-state index contributed by atoms with van der Waals surface area (Å²) in [6.07, 6.45) is -1.56. The summed E-state index contributed by atoms with van der Waals surface area (Å²) >= 11 is 0. The number of ether oxygens (including phenoxy) is 2. The molecule has 0 N–H and O–H groups in total. The zero-order valence-electron chi connectivity index (χ0n) is 12.8. The van der Waals surface area contributed by atoms with Crippen molar-refractivity contribution in [1.82, 2.24) is 29.9 Å². The lowest BCUT2D eigenvalue weighted by Gasteiger charge is -2.07. The fourth-order valence-corrected chi connectivity index (χ4v) is 1.82. The van der Waals surface area contributed by atoms with Crippen molar-refractivity contribution in [2.45, 2.75) is 12.8 Å². The van der Waals surface area contributed by atoms with Gasteiger partial charge in [-0.1, -0.05) is 11.3 Å². The van der Waals surface area contributed by atoms with Gasteiger partial charge in [0.05, 0.1) is 13.3 Å². The number of alkyl halides is 3. The molecule has 0 saturated carbocycles. The van der Waals surface area contributed by atoms with Crippen molar-refractivity contribution in [3.63, 3.8) is 0 Å². The van der Waals surface area contributed by atoms with Crippen LogP contribution in [-0.2, 0) is 12.8 Å². The summed E-state index contributed by atoms with van der Waals surface area (Å²) in [5.41, 5.74) is -0.663. The highest BCUT2D eigenvalue weighted by Gasteiger charge is 2.32. The predicted molar refractivity (Wildman–Crippen MR) is 77.1 cm³/mol. The second-order valence-corrected chi connectivity index (χ2v) is 4.70. The van der Waals surface area contributed by atoms with Crippen molar-refractivity contribution in [2.75, 3.05) is 7.11 Å². The number of aromatic nitrogens is 6. The van der Waals surface area contributed by atoms with Gasteiger partial charge in [0.2, 0.25) is 11.8 Å². The average Bonchev–Trinajstić information content (AvgIpc) is 3.09. The molecule has 3 heterocycles. The van der Waals surface area contributed by atoms with Crippen molar-refractivity contribution in [2.24, 2.45) is 0 Å². The lowest BCUT2D eigenvalue weighted by atomic mass is 10.3. The van der Waals surface area contributed by atoms with E-state index in [1.54, 1.807) is 6.07 Å². The van der Waals surface area contributed by atoms with Crippen LogP contribution in [0.3, 0.4) is 0 Å². The van der Waals surface area contributed by atoms with Gasteiger partial charge in [-0.25, -0.2) is 9.97 Å². The first-order chi connectivity index (χ1) is 12.0.